The lowest BCUT2D eigenvalue weighted by atomic mass is 9.80. The quantitative estimate of drug-likeness (QED) is 0.309. The number of hydrogen-bond acceptors (Lipinski definition) is 7. The van der Waals surface area contributed by atoms with Crippen LogP contribution in [0, 0.1) is 23.2 Å². The van der Waals surface area contributed by atoms with Crippen molar-refractivity contribution in [1.29, 1.82) is 5.26 Å². The van der Waals surface area contributed by atoms with Gasteiger partial charge < -0.3 is 10.6 Å². The summed E-state index contributed by atoms with van der Waals surface area (Å²) in [6, 6.07) is 12.7. The predicted octanol–water partition coefficient (Wildman–Crippen LogP) is 3.51. The minimum atomic E-state index is -3.50. The van der Waals surface area contributed by atoms with Gasteiger partial charge in [-0.25, -0.2) is 8.42 Å². The average molecular weight is 473 g/mol. The first-order valence-electron chi connectivity index (χ1n) is 10.7. The van der Waals surface area contributed by atoms with Crippen LogP contribution in [0.1, 0.15) is 25.7 Å². The summed E-state index contributed by atoms with van der Waals surface area (Å²) in [5, 5.41) is 14.6. The number of nitrogens with one attached hydrogen (secondary N) is 2. The number of aromatic nitrogens is 1. The molecule has 170 valence electrons. The average Bonchev–Trinajstić information content (AvgIpc) is 2.81. The van der Waals surface area contributed by atoms with Crippen LogP contribution in [0.2, 0.25) is 0 Å². The first kappa shape index (κ1) is 24.1. The van der Waals surface area contributed by atoms with Gasteiger partial charge in [0.2, 0.25) is 5.91 Å². The van der Waals surface area contributed by atoms with Crippen LogP contribution in [0.15, 0.2) is 58.6 Å². The van der Waals surface area contributed by atoms with E-state index >= 15 is 0 Å². The summed E-state index contributed by atoms with van der Waals surface area (Å²) in [5.74, 6) is 0.0182. The molecule has 1 aromatic carbocycles. The van der Waals surface area contributed by atoms with E-state index in [1.165, 1.54) is 0 Å². The molecule has 1 saturated carbocycles. The standard InChI is InChI=1S/C23H28N4O3S2/c24-11-14-27-23(28)22-4-2-1-3-18(22)17-32(29,30)21-7-5-20(6-8-21)31-16-15-26-19-9-12-25-13-10-19/h5-10,12-13,18,22H,1-4,14-17H2,(H,25,26)(H,27,28). The lowest BCUT2D eigenvalue weighted by Gasteiger charge is -2.30. The molecule has 9 heteroatoms. The number of nitrogens with zero attached hydrogens (tertiary/aromatic N) is 2. The van der Waals surface area contributed by atoms with Gasteiger partial charge in [-0.2, -0.15) is 5.26 Å². The smallest absolute Gasteiger partial charge is 0.224 e. The van der Waals surface area contributed by atoms with E-state index < -0.39 is 9.84 Å². The number of amides is 1. The van der Waals surface area contributed by atoms with Crippen molar-refractivity contribution in [3.63, 3.8) is 0 Å². The minimum absolute atomic E-state index is 0.0417. The highest BCUT2D eigenvalue weighted by molar-refractivity contribution is 7.99. The highest BCUT2D eigenvalue weighted by Crippen LogP contribution is 2.33. The first-order valence-corrected chi connectivity index (χ1v) is 13.4. The Morgan fingerprint density at radius 2 is 1.84 bits per heavy atom. The third-order valence-electron chi connectivity index (χ3n) is 5.58. The molecule has 2 atom stereocenters. The second-order valence-electron chi connectivity index (χ2n) is 7.79. The molecule has 1 amide bonds. The van der Waals surface area contributed by atoms with Crippen molar-refractivity contribution < 1.29 is 13.2 Å². The molecule has 1 aliphatic rings. The van der Waals surface area contributed by atoms with Crippen LogP contribution in [0.5, 0.6) is 0 Å². The molecule has 1 fully saturated rings. The van der Waals surface area contributed by atoms with Gasteiger partial charge in [0, 0.05) is 41.2 Å². The number of hydrogen-bond donors (Lipinski definition) is 2. The van der Waals surface area contributed by atoms with Crippen LogP contribution in [-0.4, -0.2) is 43.9 Å². The summed E-state index contributed by atoms with van der Waals surface area (Å²) in [4.78, 5) is 17.7. The van der Waals surface area contributed by atoms with Crippen molar-refractivity contribution >= 4 is 33.2 Å². The Bertz CT molecular complexity index is 1020. The Hall–Kier alpha value is -2.57. The molecule has 0 saturated heterocycles. The van der Waals surface area contributed by atoms with Gasteiger partial charge in [-0.3, -0.25) is 9.78 Å². The van der Waals surface area contributed by atoms with Crippen molar-refractivity contribution in [2.45, 2.75) is 35.5 Å². The largest absolute Gasteiger partial charge is 0.384 e. The molecule has 0 radical (unpaired) electrons. The number of carbonyl (C=O) groups is 1. The van der Waals surface area contributed by atoms with E-state index in [9.17, 15) is 13.2 Å². The maximum absolute atomic E-state index is 13.0. The van der Waals surface area contributed by atoms with Gasteiger partial charge in [-0.1, -0.05) is 12.8 Å². The van der Waals surface area contributed by atoms with E-state index in [-0.39, 0.29) is 30.0 Å². The van der Waals surface area contributed by atoms with Crippen LogP contribution >= 0.6 is 11.8 Å². The Labute approximate surface area is 193 Å². The van der Waals surface area contributed by atoms with Crippen molar-refractivity contribution in [2.75, 3.05) is 29.9 Å². The topological polar surface area (TPSA) is 112 Å². The first-order chi connectivity index (χ1) is 15.5. The SMILES string of the molecule is N#CCNC(=O)C1CCCCC1CS(=O)(=O)c1ccc(SCCNc2ccncc2)cc1. The summed E-state index contributed by atoms with van der Waals surface area (Å²) in [7, 11) is -3.50. The molecule has 1 aromatic heterocycles. The number of rotatable bonds is 10. The van der Waals surface area contributed by atoms with E-state index in [2.05, 4.69) is 15.6 Å². The Balaban J connectivity index is 1.54. The van der Waals surface area contributed by atoms with Gasteiger partial charge in [0.25, 0.3) is 0 Å². The summed E-state index contributed by atoms with van der Waals surface area (Å²) >= 11 is 1.65. The predicted molar refractivity (Wildman–Crippen MR) is 126 cm³/mol. The molecular formula is C23H28N4O3S2. The van der Waals surface area contributed by atoms with Gasteiger partial charge >= 0.3 is 0 Å². The highest BCUT2D eigenvalue weighted by atomic mass is 32.2. The summed E-state index contributed by atoms with van der Waals surface area (Å²) < 4.78 is 26.0. The second-order valence-corrected chi connectivity index (χ2v) is 11.0. The summed E-state index contributed by atoms with van der Waals surface area (Å²) in [6.45, 7) is 0.734. The van der Waals surface area contributed by atoms with Crippen molar-refractivity contribution in [3.05, 3.63) is 48.8 Å². The zero-order valence-electron chi connectivity index (χ0n) is 17.9. The Kier molecular flexibility index (Phi) is 8.94. The lowest BCUT2D eigenvalue weighted by Crippen LogP contribution is -2.39. The lowest BCUT2D eigenvalue weighted by molar-refractivity contribution is -0.127. The molecule has 2 unspecified atom stereocenters. The molecule has 1 heterocycles. The maximum atomic E-state index is 13.0. The van der Waals surface area contributed by atoms with Crippen molar-refractivity contribution in [1.82, 2.24) is 10.3 Å². The molecule has 0 spiro atoms. The molecule has 2 aromatic rings. The number of sulfone groups is 1. The van der Waals surface area contributed by atoms with Crippen molar-refractivity contribution in [2.24, 2.45) is 11.8 Å². The molecule has 2 N–H and O–H groups in total. The Morgan fingerprint density at radius 3 is 2.56 bits per heavy atom. The fraction of sp³-hybridized carbons (Fsp3) is 0.435. The summed E-state index contributed by atoms with van der Waals surface area (Å²) in [5.41, 5.74) is 1.02. The number of thioether (sulfide) groups is 1. The maximum Gasteiger partial charge on any atom is 0.224 e. The van der Waals surface area contributed by atoms with Crippen LogP contribution in [0.25, 0.3) is 0 Å². The van der Waals surface area contributed by atoms with Gasteiger partial charge in [-0.05, 0) is 55.2 Å². The van der Waals surface area contributed by atoms with Crippen LogP contribution < -0.4 is 10.6 Å². The molecule has 32 heavy (non-hydrogen) atoms. The van der Waals surface area contributed by atoms with Crippen molar-refractivity contribution in [3.8, 4) is 6.07 Å². The van der Waals surface area contributed by atoms with E-state index in [4.69, 9.17) is 5.26 Å². The van der Waals surface area contributed by atoms with Crippen LogP contribution in [0.3, 0.4) is 0 Å². The third kappa shape index (κ3) is 6.97. The molecule has 1 aliphatic carbocycles. The van der Waals surface area contributed by atoms with Gasteiger partial charge in [0.05, 0.1) is 16.7 Å². The van der Waals surface area contributed by atoms with Gasteiger partial charge in [0.15, 0.2) is 9.84 Å². The van der Waals surface area contributed by atoms with Crippen LogP contribution in [0.4, 0.5) is 5.69 Å². The normalized spacial score (nSPS) is 18.5. The molecule has 7 nitrogen and oxygen atoms in total. The zero-order valence-corrected chi connectivity index (χ0v) is 19.5. The third-order valence-corrected chi connectivity index (χ3v) is 8.46. The summed E-state index contributed by atoms with van der Waals surface area (Å²) in [6.07, 6.45) is 6.68. The molecule has 0 bridgehead atoms. The fourth-order valence-electron chi connectivity index (χ4n) is 3.97. The monoisotopic (exact) mass is 472 g/mol. The van der Waals surface area contributed by atoms with E-state index in [0.29, 0.717) is 17.7 Å². The zero-order chi connectivity index (χ0) is 22.8. The van der Waals surface area contributed by atoms with E-state index in [1.807, 2.05) is 30.3 Å². The van der Waals surface area contributed by atoms with E-state index in [0.717, 1.165) is 35.7 Å². The second kappa shape index (κ2) is 11.9. The number of nitriles is 1. The fourth-order valence-corrected chi connectivity index (χ4v) is 6.44. The minimum Gasteiger partial charge on any atom is -0.384 e. The van der Waals surface area contributed by atoms with Gasteiger partial charge in [-0.15, -0.1) is 11.8 Å². The molecule has 0 aliphatic heterocycles. The van der Waals surface area contributed by atoms with Crippen LogP contribution in [-0.2, 0) is 14.6 Å². The number of anilines is 1. The highest BCUT2D eigenvalue weighted by Gasteiger charge is 2.34. The van der Waals surface area contributed by atoms with E-state index in [1.54, 1.807) is 36.3 Å². The number of benzene rings is 1. The number of carbonyl (C=O) groups excluding carboxylic acids is 1. The molecular weight excluding hydrogens is 444 g/mol. The van der Waals surface area contributed by atoms with Gasteiger partial charge in [0.1, 0.15) is 6.54 Å². The molecule has 3 rings (SSSR count). The Morgan fingerprint density at radius 1 is 1.12 bits per heavy atom. The number of pyridine rings is 1.